The van der Waals surface area contributed by atoms with Crippen LogP contribution in [0, 0.1) is 10.1 Å². The maximum Gasteiger partial charge on any atom is 0.338 e. The van der Waals surface area contributed by atoms with E-state index in [1.165, 1.54) is 51.7 Å². The molecule has 26 heavy (non-hydrogen) atoms. The molecule has 2 rings (SSSR count). The smallest absolute Gasteiger partial charge is 0.338 e. The van der Waals surface area contributed by atoms with Gasteiger partial charge in [-0.2, -0.15) is 0 Å². The molecule has 2 aromatic rings. The minimum atomic E-state index is -0.725. The SMILES string of the molecule is COC(=O)c1cc(OC)c(OC)cc1C(=O)Cc1ccccc1[N+](=O)[O-]. The van der Waals surface area contributed by atoms with Crippen LogP contribution in [0.2, 0.25) is 0 Å². The lowest BCUT2D eigenvalue weighted by Gasteiger charge is -2.13. The second-order valence-electron chi connectivity index (χ2n) is 5.23. The Hall–Kier alpha value is -3.42. The number of nitrogens with zero attached hydrogens (tertiary/aromatic N) is 1. The van der Waals surface area contributed by atoms with E-state index < -0.39 is 16.7 Å². The summed E-state index contributed by atoms with van der Waals surface area (Å²) in [6.07, 6.45) is -0.253. The maximum atomic E-state index is 12.8. The molecule has 0 saturated carbocycles. The summed E-state index contributed by atoms with van der Waals surface area (Å²) in [5.41, 5.74) is 0.107. The molecule has 8 nitrogen and oxygen atoms in total. The number of carbonyl (C=O) groups excluding carboxylic acids is 2. The van der Waals surface area contributed by atoms with Crippen molar-refractivity contribution in [3.63, 3.8) is 0 Å². The molecule has 0 fully saturated rings. The fourth-order valence-corrected chi connectivity index (χ4v) is 2.50. The average molecular weight is 359 g/mol. The van der Waals surface area contributed by atoms with Crippen molar-refractivity contribution in [1.82, 2.24) is 0 Å². The Morgan fingerprint density at radius 1 is 1.00 bits per heavy atom. The van der Waals surface area contributed by atoms with Crippen molar-refractivity contribution >= 4 is 17.4 Å². The van der Waals surface area contributed by atoms with Gasteiger partial charge in [-0.15, -0.1) is 0 Å². The zero-order valence-corrected chi connectivity index (χ0v) is 14.5. The molecular formula is C18H17NO7. The molecule has 0 heterocycles. The fraction of sp³-hybridized carbons (Fsp3) is 0.222. The lowest BCUT2D eigenvalue weighted by Crippen LogP contribution is -2.14. The van der Waals surface area contributed by atoms with E-state index in [1.807, 2.05) is 0 Å². The topological polar surface area (TPSA) is 105 Å². The highest BCUT2D eigenvalue weighted by Gasteiger charge is 2.24. The Balaban J connectivity index is 2.51. The number of rotatable bonds is 7. The second-order valence-corrected chi connectivity index (χ2v) is 5.23. The molecule has 0 saturated heterocycles. The van der Waals surface area contributed by atoms with Gasteiger partial charge in [-0.25, -0.2) is 4.79 Å². The zero-order chi connectivity index (χ0) is 19.3. The predicted molar refractivity (Wildman–Crippen MR) is 92.0 cm³/mol. The number of hydrogen-bond donors (Lipinski definition) is 0. The van der Waals surface area contributed by atoms with Crippen molar-refractivity contribution in [3.05, 3.63) is 63.2 Å². The standard InChI is InChI=1S/C18H17NO7/c1-24-16-9-12(13(18(21)26-3)10-17(16)25-2)15(20)8-11-6-4-5-7-14(11)19(22)23/h4-7,9-10H,8H2,1-3H3. The van der Waals surface area contributed by atoms with Crippen molar-refractivity contribution in [3.8, 4) is 11.5 Å². The van der Waals surface area contributed by atoms with Crippen molar-refractivity contribution in [2.75, 3.05) is 21.3 Å². The molecule has 8 heteroatoms. The van der Waals surface area contributed by atoms with Gasteiger partial charge in [0.15, 0.2) is 17.3 Å². The van der Waals surface area contributed by atoms with E-state index in [2.05, 4.69) is 0 Å². The number of carbonyl (C=O) groups is 2. The molecule has 0 aliphatic carbocycles. The quantitative estimate of drug-likeness (QED) is 0.324. The van der Waals surface area contributed by atoms with Crippen LogP contribution in [0.15, 0.2) is 36.4 Å². The summed E-state index contributed by atoms with van der Waals surface area (Å²) in [6, 6.07) is 8.64. The molecule has 0 unspecified atom stereocenters. The predicted octanol–water partition coefficient (Wildman–Crippen LogP) is 2.82. The number of Topliss-reactive ketones (excluding diaryl/α,β-unsaturated/α-hetero) is 1. The molecule has 0 atom stereocenters. The number of nitro benzene ring substituents is 1. The number of benzene rings is 2. The van der Waals surface area contributed by atoms with Crippen LogP contribution >= 0.6 is 0 Å². The molecule has 0 spiro atoms. The summed E-state index contributed by atoms with van der Waals surface area (Å²) >= 11 is 0. The highest BCUT2D eigenvalue weighted by molar-refractivity contribution is 6.08. The van der Waals surface area contributed by atoms with E-state index in [1.54, 1.807) is 6.07 Å². The van der Waals surface area contributed by atoms with Crippen LogP contribution in [0.1, 0.15) is 26.3 Å². The summed E-state index contributed by atoms with van der Waals surface area (Å²) in [6.45, 7) is 0. The van der Waals surface area contributed by atoms with Gasteiger partial charge in [0.2, 0.25) is 0 Å². The molecule has 0 radical (unpaired) electrons. The Morgan fingerprint density at radius 3 is 2.12 bits per heavy atom. The fourth-order valence-electron chi connectivity index (χ4n) is 2.50. The van der Waals surface area contributed by atoms with Gasteiger partial charge in [-0.3, -0.25) is 14.9 Å². The van der Waals surface area contributed by atoms with Crippen LogP contribution < -0.4 is 9.47 Å². The van der Waals surface area contributed by atoms with E-state index in [4.69, 9.17) is 14.2 Å². The monoisotopic (exact) mass is 359 g/mol. The van der Waals surface area contributed by atoms with E-state index in [9.17, 15) is 19.7 Å². The van der Waals surface area contributed by atoms with E-state index in [0.717, 1.165) is 0 Å². The molecule has 2 aromatic carbocycles. The van der Waals surface area contributed by atoms with Gasteiger partial charge in [0.1, 0.15) is 0 Å². The van der Waals surface area contributed by atoms with Crippen LogP contribution in [-0.4, -0.2) is 38.0 Å². The molecule has 0 bridgehead atoms. The minimum Gasteiger partial charge on any atom is -0.493 e. The molecule has 0 aromatic heterocycles. The number of methoxy groups -OCH3 is 3. The molecule has 0 aliphatic rings. The van der Waals surface area contributed by atoms with Gasteiger partial charge in [0.05, 0.1) is 31.8 Å². The Kier molecular flexibility index (Phi) is 5.90. The Bertz CT molecular complexity index is 861. The van der Waals surface area contributed by atoms with Gasteiger partial charge in [0, 0.05) is 23.6 Å². The lowest BCUT2D eigenvalue weighted by molar-refractivity contribution is -0.385. The van der Waals surface area contributed by atoms with Gasteiger partial charge < -0.3 is 14.2 Å². The maximum absolute atomic E-state index is 12.8. The molecule has 0 aliphatic heterocycles. The highest BCUT2D eigenvalue weighted by Crippen LogP contribution is 2.32. The number of para-hydroxylation sites is 1. The van der Waals surface area contributed by atoms with Gasteiger partial charge in [0.25, 0.3) is 5.69 Å². The Morgan fingerprint density at radius 2 is 1.58 bits per heavy atom. The van der Waals surface area contributed by atoms with Gasteiger partial charge in [-0.05, 0) is 12.1 Å². The zero-order valence-electron chi connectivity index (χ0n) is 14.5. The van der Waals surface area contributed by atoms with Crippen molar-refractivity contribution in [1.29, 1.82) is 0 Å². The number of ketones is 1. The molecule has 0 N–H and O–H groups in total. The summed E-state index contributed by atoms with van der Waals surface area (Å²) in [5.74, 6) is -0.696. The van der Waals surface area contributed by atoms with Gasteiger partial charge >= 0.3 is 5.97 Å². The Labute approximate surface area is 149 Å². The van der Waals surface area contributed by atoms with Crippen LogP contribution in [0.25, 0.3) is 0 Å². The van der Waals surface area contributed by atoms with Crippen LogP contribution in [0.5, 0.6) is 11.5 Å². The molecule has 0 amide bonds. The molecule has 136 valence electrons. The largest absolute Gasteiger partial charge is 0.493 e. The summed E-state index contributed by atoms with van der Waals surface area (Å²) in [5, 5.41) is 11.1. The van der Waals surface area contributed by atoms with Crippen LogP contribution in [-0.2, 0) is 11.2 Å². The van der Waals surface area contributed by atoms with E-state index >= 15 is 0 Å². The van der Waals surface area contributed by atoms with Crippen molar-refractivity contribution < 1.29 is 28.7 Å². The third kappa shape index (κ3) is 3.80. The van der Waals surface area contributed by atoms with Crippen LogP contribution in [0.3, 0.4) is 0 Å². The lowest BCUT2D eigenvalue weighted by atomic mass is 9.97. The number of hydrogen-bond acceptors (Lipinski definition) is 7. The van der Waals surface area contributed by atoms with Crippen molar-refractivity contribution in [2.45, 2.75) is 6.42 Å². The first-order valence-corrected chi connectivity index (χ1v) is 7.52. The molecular weight excluding hydrogens is 342 g/mol. The first kappa shape index (κ1) is 18.9. The first-order valence-electron chi connectivity index (χ1n) is 7.52. The normalized spacial score (nSPS) is 10.1. The summed E-state index contributed by atoms with van der Waals surface area (Å²) in [7, 11) is 3.98. The number of esters is 1. The van der Waals surface area contributed by atoms with Crippen LogP contribution in [0.4, 0.5) is 5.69 Å². The summed E-state index contributed by atoms with van der Waals surface area (Å²) < 4.78 is 15.0. The van der Waals surface area contributed by atoms with E-state index in [0.29, 0.717) is 0 Å². The summed E-state index contributed by atoms with van der Waals surface area (Å²) in [4.78, 5) is 35.4. The average Bonchev–Trinajstić information content (AvgIpc) is 2.66. The van der Waals surface area contributed by atoms with Crippen molar-refractivity contribution in [2.24, 2.45) is 0 Å². The number of nitro groups is 1. The third-order valence-corrected chi connectivity index (χ3v) is 3.77. The highest BCUT2D eigenvalue weighted by atomic mass is 16.6. The first-order chi connectivity index (χ1) is 12.4. The minimum absolute atomic E-state index is 0.00580. The van der Waals surface area contributed by atoms with E-state index in [-0.39, 0.29) is 40.3 Å². The second kappa shape index (κ2) is 8.11. The number of ether oxygens (including phenoxy) is 3. The third-order valence-electron chi connectivity index (χ3n) is 3.77. The van der Waals surface area contributed by atoms with Gasteiger partial charge in [-0.1, -0.05) is 18.2 Å².